The second-order valence-corrected chi connectivity index (χ2v) is 6.48. The van der Waals surface area contributed by atoms with Crippen LogP contribution in [-0.4, -0.2) is 18.3 Å². The lowest BCUT2D eigenvalue weighted by atomic mass is 10.0. The second-order valence-electron chi connectivity index (χ2n) is 6.48. The first-order chi connectivity index (χ1) is 14.3. The van der Waals surface area contributed by atoms with Gasteiger partial charge in [-0.15, -0.1) is 0 Å². The van der Waals surface area contributed by atoms with Crippen molar-refractivity contribution in [3.05, 3.63) is 101 Å². The van der Waals surface area contributed by atoms with E-state index < -0.39 is 17.6 Å². The van der Waals surface area contributed by atoms with Crippen LogP contribution in [0, 0.1) is 0 Å². The van der Waals surface area contributed by atoms with E-state index in [0.717, 1.165) is 12.1 Å². The molecule has 0 aliphatic rings. The Morgan fingerprint density at radius 1 is 0.833 bits per heavy atom. The Balaban J connectivity index is 1.50. The van der Waals surface area contributed by atoms with Crippen molar-refractivity contribution in [2.45, 2.75) is 12.7 Å². The van der Waals surface area contributed by atoms with Crippen LogP contribution in [0.5, 0.6) is 5.75 Å². The van der Waals surface area contributed by atoms with Crippen molar-refractivity contribution < 1.29 is 27.5 Å². The second kappa shape index (κ2) is 9.26. The zero-order valence-electron chi connectivity index (χ0n) is 15.8. The van der Waals surface area contributed by atoms with Crippen LogP contribution in [0.4, 0.5) is 13.2 Å². The molecule has 0 aliphatic carbocycles. The van der Waals surface area contributed by atoms with Crippen LogP contribution in [-0.2, 0) is 17.5 Å². The highest BCUT2D eigenvalue weighted by Gasteiger charge is 2.30. The molecule has 1 N–H and O–H groups in total. The number of alkyl halides is 3. The van der Waals surface area contributed by atoms with E-state index in [2.05, 4.69) is 5.32 Å². The third kappa shape index (κ3) is 5.70. The average molecular weight is 413 g/mol. The van der Waals surface area contributed by atoms with Crippen LogP contribution in [0.2, 0.25) is 0 Å². The van der Waals surface area contributed by atoms with Crippen LogP contribution in [0.15, 0.2) is 78.9 Å². The van der Waals surface area contributed by atoms with Gasteiger partial charge in [0.15, 0.2) is 12.4 Å². The van der Waals surface area contributed by atoms with Gasteiger partial charge in [0, 0.05) is 17.7 Å². The highest BCUT2D eigenvalue weighted by Crippen LogP contribution is 2.29. The van der Waals surface area contributed by atoms with Crippen molar-refractivity contribution in [2.75, 3.05) is 6.61 Å². The number of ketones is 1. The molecule has 0 atom stereocenters. The van der Waals surface area contributed by atoms with Crippen molar-refractivity contribution in [1.29, 1.82) is 0 Å². The van der Waals surface area contributed by atoms with Gasteiger partial charge in [0.05, 0.1) is 5.56 Å². The van der Waals surface area contributed by atoms with E-state index >= 15 is 0 Å². The smallest absolute Gasteiger partial charge is 0.416 e. The molecule has 30 heavy (non-hydrogen) atoms. The first kappa shape index (κ1) is 21.1. The Hall–Kier alpha value is -3.61. The van der Waals surface area contributed by atoms with Gasteiger partial charge in [0.2, 0.25) is 0 Å². The fourth-order valence-electron chi connectivity index (χ4n) is 2.72. The highest BCUT2D eigenvalue weighted by molar-refractivity contribution is 6.08. The number of rotatable bonds is 7. The highest BCUT2D eigenvalue weighted by atomic mass is 19.4. The van der Waals surface area contributed by atoms with Crippen molar-refractivity contribution in [3.63, 3.8) is 0 Å². The summed E-state index contributed by atoms with van der Waals surface area (Å²) in [6.45, 7) is -0.346. The molecule has 0 radical (unpaired) electrons. The SMILES string of the molecule is O=C(COc1ccc(C(=O)c2ccccc2)cc1)NCc1cccc(C(F)(F)F)c1. The van der Waals surface area contributed by atoms with Crippen molar-refractivity contribution >= 4 is 11.7 Å². The molecule has 0 saturated heterocycles. The summed E-state index contributed by atoms with van der Waals surface area (Å²) in [7, 11) is 0. The van der Waals surface area contributed by atoms with E-state index in [0.29, 0.717) is 22.4 Å². The Bertz CT molecular complexity index is 1020. The fourth-order valence-corrected chi connectivity index (χ4v) is 2.72. The number of ether oxygens (including phenoxy) is 1. The van der Waals surface area contributed by atoms with Gasteiger partial charge in [-0.1, -0.05) is 42.5 Å². The normalized spacial score (nSPS) is 11.0. The molecule has 0 aromatic heterocycles. The van der Waals surface area contributed by atoms with Crippen molar-refractivity contribution in [3.8, 4) is 5.75 Å². The largest absolute Gasteiger partial charge is 0.484 e. The molecule has 3 rings (SSSR count). The molecule has 154 valence electrons. The van der Waals surface area contributed by atoms with Gasteiger partial charge in [-0.05, 0) is 42.0 Å². The minimum atomic E-state index is -4.43. The fraction of sp³-hybridized carbons (Fsp3) is 0.130. The molecular formula is C23H18F3NO3. The molecule has 0 spiro atoms. The van der Waals surface area contributed by atoms with E-state index in [-0.39, 0.29) is 18.9 Å². The number of carbonyl (C=O) groups excluding carboxylic acids is 2. The summed E-state index contributed by atoms with van der Waals surface area (Å²) in [6.07, 6.45) is -4.43. The molecule has 0 saturated carbocycles. The summed E-state index contributed by atoms with van der Waals surface area (Å²) in [5, 5.41) is 2.51. The van der Waals surface area contributed by atoms with Crippen LogP contribution < -0.4 is 10.1 Å². The first-order valence-electron chi connectivity index (χ1n) is 9.08. The monoisotopic (exact) mass is 413 g/mol. The summed E-state index contributed by atoms with van der Waals surface area (Å²) in [4.78, 5) is 24.3. The summed E-state index contributed by atoms with van der Waals surface area (Å²) in [6, 6.07) is 19.9. The predicted octanol–water partition coefficient (Wildman–Crippen LogP) is 4.63. The van der Waals surface area contributed by atoms with Gasteiger partial charge in [0.1, 0.15) is 5.75 Å². The number of amides is 1. The summed E-state index contributed by atoms with van der Waals surface area (Å²) in [5.41, 5.74) is 0.625. The molecule has 0 heterocycles. The molecule has 0 bridgehead atoms. The van der Waals surface area contributed by atoms with Gasteiger partial charge in [0.25, 0.3) is 5.91 Å². The topological polar surface area (TPSA) is 55.4 Å². The van der Waals surface area contributed by atoms with Gasteiger partial charge in [-0.2, -0.15) is 13.2 Å². The van der Waals surface area contributed by atoms with E-state index in [1.54, 1.807) is 48.5 Å². The molecular weight excluding hydrogens is 395 g/mol. The Morgan fingerprint density at radius 3 is 2.17 bits per heavy atom. The molecule has 0 aliphatic heterocycles. The van der Waals surface area contributed by atoms with Crippen LogP contribution in [0.25, 0.3) is 0 Å². The number of halogens is 3. The van der Waals surface area contributed by atoms with Crippen LogP contribution in [0.1, 0.15) is 27.0 Å². The van der Waals surface area contributed by atoms with Gasteiger partial charge in [-0.25, -0.2) is 0 Å². The Labute approximate surface area is 171 Å². The summed E-state index contributed by atoms with van der Waals surface area (Å²) >= 11 is 0. The molecule has 4 nitrogen and oxygen atoms in total. The van der Waals surface area contributed by atoms with Gasteiger partial charge >= 0.3 is 6.18 Å². The maximum atomic E-state index is 12.7. The standard InChI is InChI=1S/C23H18F3NO3/c24-23(25,26)19-8-4-5-16(13-19)14-27-21(28)15-30-20-11-9-18(10-12-20)22(29)17-6-2-1-3-7-17/h1-13H,14-15H2,(H,27,28). The zero-order valence-corrected chi connectivity index (χ0v) is 15.8. The number of carbonyl (C=O) groups is 2. The van der Waals surface area contributed by atoms with E-state index in [1.807, 2.05) is 6.07 Å². The lowest BCUT2D eigenvalue weighted by Gasteiger charge is -2.10. The molecule has 0 unspecified atom stereocenters. The number of hydrogen-bond acceptors (Lipinski definition) is 3. The maximum Gasteiger partial charge on any atom is 0.416 e. The van der Waals surface area contributed by atoms with Crippen LogP contribution >= 0.6 is 0 Å². The average Bonchev–Trinajstić information content (AvgIpc) is 2.76. The first-order valence-corrected chi connectivity index (χ1v) is 9.08. The number of benzene rings is 3. The van der Waals surface area contributed by atoms with Gasteiger partial charge in [-0.3, -0.25) is 9.59 Å². The maximum absolute atomic E-state index is 12.7. The van der Waals surface area contributed by atoms with Crippen molar-refractivity contribution in [2.24, 2.45) is 0 Å². The Kier molecular flexibility index (Phi) is 6.51. The van der Waals surface area contributed by atoms with E-state index in [9.17, 15) is 22.8 Å². The van der Waals surface area contributed by atoms with E-state index in [1.165, 1.54) is 12.1 Å². The summed E-state index contributed by atoms with van der Waals surface area (Å²) in [5.74, 6) is -0.202. The molecule has 7 heteroatoms. The molecule has 0 fully saturated rings. The number of nitrogens with one attached hydrogen (secondary N) is 1. The van der Waals surface area contributed by atoms with E-state index in [4.69, 9.17) is 4.74 Å². The van der Waals surface area contributed by atoms with Crippen molar-refractivity contribution in [1.82, 2.24) is 5.32 Å². The molecule has 3 aromatic rings. The summed E-state index contributed by atoms with van der Waals surface area (Å²) < 4.78 is 43.5. The molecule has 3 aromatic carbocycles. The minimum absolute atomic E-state index is 0.0450. The van der Waals surface area contributed by atoms with Gasteiger partial charge < -0.3 is 10.1 Å². The predicted molar refractivity (Wildman–Crippen MR) is 105 cm³/mol. The lowest BCUT2D eigenvalue weighted by Crippen LogP contribution is -2.28. The third-order valence-electron chi connectivity index (χ3n) is 4.27. The minimum Gasteiger partial charge on any atom is -0.484 e. The lowest BCUT2D eigenvalue weighted by molar-refractivity contribution is -0.137. The quantitative estimate of drug-likeness (QED) is 0.575. The zero-order chi connectivity index (χ0) is 21.6. The van der Waals surface area contributed by atoms with Crippen LogP contribution in [0.3, 0.4) is 0 Å². The Morgan fingerprint density at radius 2 is 1.50 bits per heavy atom. The third-order valence-corrected chi connectivity index (χ3v) is 4.27. The number of hydrogen-bond donors (Lipinski definition) is 1. The molecule has 1 amide bonds.